The summed E-state index contributed by atoms with van der Waals surface area (Å²) >= 11 is 1.91. The Labute approximate surface area is 83.8 Å². The van der Waals surface area contributed by atoms with Gasteiger partial charge in [-0.1, -0.05) is 12.8 Å². The zero-order valence-corrected chi connectivity index (χ0v) is 8.74. The number of hydrogen-bond donors (Lipinski definition) is 1. The van der Waals surface area contributed by atoms with Crippen LogP contribution in [-0.4, -0.2) is 23.5 Å². The van der Waals surface area contributed by atoms with Crippen LogP contribution in [-0.2, 0) is 4.79 Å². The molecule has 0 spiro atoms. The largest absolute Gasteiger partial charge is 0.353 e. The smallest absolute Gasteiger partial charge is 0.224 e. The highest BCUT2D eigenvalue weighted by molar-refractivity contribution is 7.99. The van der Waals surface area contributed by atoms with Crippen molar-refractivity contribution < 1.29 is 4.79 Å². The highest BCUT2D eigenvalue weighted by Gasteiger charge is 2.25. The van der Waals surface area contributed by atoms with E-state index in [0.717, 1.165) is 12.2 Å². The molecule has 1 saturated carbocycles. The summed E-state index contributed by atoms with van der Waals surface area (Å²) in [5, 5.41) is 3.17. The predicted octanol–water partition coefficient (Wildman–Crippen LogP) is 1.80. The quantitative estimate of drug-likeness (QED) is 0.734. The molecule has 74 valence electrons. The van der Waals surface area contributed by atoms with Crippen molar-refractivity contribution in [2.24, 2.45) is 5.92 Å². The number of nitrogens with one attached hydrogen (secondary N) is 1. The molecule has 2 aliphatic rings. The van der Waals surface area contributed by atoms with Crippen LogP contribution in [0.1, 0.15) is 32.1 Å². The van der Waals surface area contributed by atoms with E-state index in [-0.39, 0.29) is 0 Å². The lowest BCUT2D eigenvalue weighted by Crippen LogP contribution is -2.37. The molecule has 1 aliphatic carbocycles. The maximum Gasteiger partial charge on any atom is 0.224 e. The Hall–Kier alpha value is -0.180. The number of rotatable bonds is 2. The van der Waals surface area contributed by atoms with E-state index < -0.39 is 0 Å². The fraction of sp³-hybridized carbons (Fsp3) is 0.900. The van der Waals surface area contributed by atoms with Crippen LogP contribution in [0, 0.1) is 5.92 Å². The minimum absolute atomic E-state index is 0.311. The van der Waals surface area contributed by atoms with E-state index in [1.165, 1.54) is 31.4 Å². The van der Waals surface area contributed by atoms with E-state index in [1.54, 1.807) is 0 Å². The second-order valence-electron chi connectivity index (χ2n) is 4.05. The van der Waals surface area contributed by atoms with Gasteiger partial charge in [-0.25, -0.2) is 0 Å². The van der Waals surface area contributed by atoms with Gasteiger partial charge in [0.2, 0.25) is 5.91 Å². The lowest BCUT2D eigenvalue weighted by molar-refractivity contribution is -0.124. The third-order valence-electron chi connectivity index (χ3n) is 3.00. The van der Waals surface area contributed by atoms with Gasteiger partial charge in [0, 0.05) is 17.7 Å². The second kappa shape index (κ2) is 4.36. The van der Waals surface area contributed by atoms with Crippen LogP contribution in [0.4, 0.5) is 0 Å². The molecular weight excluding hydrogens is 182 g/mol. The first-order valence-electron chi connectivity index (χ1n) is 5.24. The molecule has 13 heavy (non-hydrogen) atoms. The van der Waals surface area contributed by atoms with Gasteiger partial charge < -0.3 is 5.32 Å². The molecule has 0 bridgehead atoms. The van der Waals surface area contributed by atoms with E-state index in [2.05, 4.69) is 5.32 Å². The van der Waals surface area contributed by atoms with Crippen molar-refractivity contribution in [3.05, 3.63) is 0 Å². The van der Waals surface area contributed by atoms with Gasteiger partial charge in [0.25, 0.3) is 0 Å². The summed E-state index contributed by atoms with van der Waals surface area (Å²) in [6.07, 6.45) is 6.08. The first kappa shape index (κ1) is 9.38. The summed E-state index contributed by atoms with van der Waals surface area (Å²) in [7, 11) is 0. The summed E-state index contributed by atoms with van der Waals surface area (Å²) < 4.78 is 0. The van der Waals surface area contributed by atoms with Gasteiger partial charge >= 0.3 is 0 Å². The van der Waals surface area contributed by atoms with E-state index in [4.69, 9.17) is 0 Å². The molecule has 2 rings (SSSR count). The van der Waals surface area contributed by atoms with Crippen molar-refractivity contribution in [3.8, 4) is 0 Å². The number of carbonyl (C=O) groups is 1. The average Bonchev–Trinajstić information content (AvgIpc) is 2.74. The van der Waals surface area contributed by atoms with Gasteiger partial charge in [-0.3, -0.25) is 4.79 Å². The van der Waals surface area contributed by atoms with Gasteiger partial charge in [0.15, 0.2) is 0 Å². The highest BCUT2D eigenvalue weighted by Crippen LogP contribution is 2.24. The Morgan fingerprint density at radius 3 is 2.62 bits per heavy atom. The van der Waals surface area contributed by atoms with Crippen LogP contribution in [0.15, 0.2) is 0 Å². The molecule has 1 amide bonds. The van der Waals surface area contributed by atoms with E-state index in [1.807, 2.05) is 11.8 Å². The van der Waals surface area contributed by atoms with Crippen molar-refractivity contribution in [1.29, 1.82) is 0 Å². The fourth-order valence-corrected chi connectivity index (χ4v) is 3.35. The molecule has 0 aromatic heterocycles. The Balaban J connectivity index is 1.76. The molecule has 1 N–H and O–H groups in total. The zero-order valence-electron chi connectivity index (χ0n) is 7.92. The number of thioether (sulfide) groups is 1. The topological polar surface area (TPSA) is 29.1 Å². The Morgan fingerprint density at radius 1 is 1.23 bits per heavy atom. The standard InChI is InChI=1S/C10H17NOS/c12-10(8-5-6-13-7-8)11-9-3-1-2-4-9/h8-9H,1-7H2,(H,11,12). The Morgan fingerprint density at radius 2 is 2.00 bits per heavy atom. The van der Waals surface area contributed by atoms with Crippen molar-refractivity contribution >= 4 is 17.7 Å². The van der Waals surface area contributed by atoms with Crippen LogP contribution in [0.2, 0.25) is 0 Å². The lowest BCUT2D eigenvalue weighted by atomic mass is 10.1. The van der Waals surface area contributed by atoms with Crippen molar-refractivity contribution in [1.82, 2.24) is 5.32 Å². The Kier molecular flexibility index (Phi) is 3.14. The molecule has 1 heterocycles. The van der Waals surface area contributed by atoms with Crippen molar-refractivity contribution in [3.63, 3.8) is 0 Å². The first-order chi connectivity index (χ1) is 6.36. The SMILES string of the molecule is O=C(NC1CCCC1)C1CCSC1. The number of hydrogen-bond acceptors (Lipinski definition) is 2. The average molecular weight is 199 g/mol. The van der Waals surface area contributed by atoms with Gasteiger partial charge in [0.05, 0.1) is 0 Å². The molecule has 0 aromatic carbocycles. The van der Waals surface area contributed by atoms with Gasteiger partial charge in [-0.2, -0.15) is 11.8 Å². The third-order valence-corrected chi connectivity index (χ3v) is 4.16. The molecule has 1 aliphatic heterocycles. The summed E-state index contributed by atoms with van der Waals surface area (Å²) in [4.78, 5) is 11.7. The lowest BCUT2D eigenvalue weighted by Gasteiger charge is -2.14. The highest BCUT2D eigenvalue weighted by atomic mass is 32.2. The molecule has 1 unspecified atom stereocenters. The van der Waals surface area contributed by atoms with Crippen LogP contribution in [0.25, 0.3) is 0 Å². The first-order valence-corrected chi connectivity index (χ1v) is 6.40. The fourth-order valence-electron chi connectivity index (χ4n) is 2.13. The van der Waals surface area contributed by atoms with Crippen LogP contribution >= 0.6 is 11.8 Å². The van der Waals surface area contributed by atoms with Crippen LogP contribution in [0.5, 0.6) is 0 Å². The summed E-state index contributed by atoms with van der Waals surface area (Å²) in [6.45, 7) is 0. The molecule has 1 saturated heterocycles. The summed E-state index contributed by atoms with van der Waals surface area (Å²) in [6, 6.07) is 0.498. The molecule has 0 radical (unpaired) electrons. The van der Waals surface area contributed by atoms with Crippen molar-refractivity contribution in [2.75, 3.05) is 11.5 Å². The predicted molar refractivity (Wildman–Crippen MR) is 55.8 cm³/mol. The second-order valence-corrected chi connectivity index (χ2v) is 5.20. The monoisotopic (exact) mass is 199 g/mol. The minimum Gasteiger partial charge on any atom is -0.353 e. The van der Waals surface area contributed by atoms with Crippen LogP contribution < -0.4 is 5.32 Å². The summed E-state index contributed by atoms with van der Waals surface area (Å²) in [5.74, 6) is 2.84. The molecule has 3 heteroatoms. The number of carbonyl (C=O) groups excluding carboxylic acids is 1. The maximum absolute atomic E-state index is 11.7. The minimum atomic E-state index is 0.311. The van der Waals surface area contributed by atoms with Gasteiger partial charge in [-0.05, 0) is 25.0 Å². The molecular formula is C10H17NOS. The van der Waals surface area contributed by atoms with Crippen molar-refractivity contribution in [2.45, 2.75) is 38.1 Å². The van der Waals surface area contributed by atoms with E-state index in [9.17, 15) is 4.79 Å². The molecule has 1 atom stereocenters. The zero-order chi connectivity index (χ0) is 9.10. The van der Waals surface area contributed by atoms with Gasteiger partial charge in [-0.15, -0.1) is 0 Å². The molecule has 0 aromatic rings. The Bertz CT molecular complexity index is 183. The third kappa shape index (κ3) is 2.39. The summed E-state index contributed by atoms with van der Waals surface area (Å²) in [5.41, 5.74) is 0. The molecule has 2 nitrogen and oxygen atoms in total. The maximum atomic E-state index is 11.7. The van der Waals surface area contributed by atoms with Crippen LogP contribution in [0.3, 0.4) is 0 Å². The van der Waals surface area contributed by atoms with Gasteiger partial charge in [0.1, 0.15) is 0 Å². The normalized spacial score (nSPS) is 29.4. The number of amides is 1. The van der Waals surface area contributed by atoms with E-state index in [0.29, 0.717) is 17.9 Å². The molecule has 2 fully saturated rings. The van der Waals surface area contributed by atoms with E-state index >= 15 is 0 Å².